The van der Waals surface area contributed by atoms with Gasteiger partial charge in [-0.05, 0) is 31.2 Å². The number of nitrogens with zero attached hydrogens (tertiary/aromatic N) is 2. The maximum Gasteiger partial charge on any atom is 0.169 e. The van der Waals surface area contributed by atoms with Gasteiger partial charge in [0, 0.05) is 31.6 Å². The second-order valence-corrected chi connectivity index (χ2v) is 5.59. The Bertz CT molecular complexity index is 418. The molecule has 0 atom stereocenters. The smallest absolute Gasteiger partial charge is 0.169 e. The van der Waals surface area contributed by atoms with Crippen molar-refractivity contribution in [2.75, 3.05) is 13.1 Å². The lowest BCUT2D eigenvalue weighted by Gasteiger charge is -2.19. The third-order valence-electron chi connectivity index (χ3n) is 3.51. The van der Waals surface area contributed by atoms with E-state index >= 15 is 0 Å². The minimum absolute atomic E-state index is 1.09. The van der Waals surface area contributed by atoms with Gasteiger partial charge in [-0.2, -0.15) is 0 Å². The molecule has 2 nitrogen and oxygen atoms in total. The molecule has 116 valence electrons. The molecule has 0 aliphatic carbocycles. The molecule has 21 heavy (non-hydrogen) atoms. The molecule has 0 unspecified atom stereocenters. The predicted molar refractivity (Wildman–Crippen MR) is 91.0 cm³/mol. The summed E-state index contributed by atoms with van der Waals surface area (Å²) in [6, 6.07) is 4.30. The molecule has 0 saturated carbocycles. The standard InChI is InChI=1S/C10H16N.C9H15N/c1-3-4-7-11-8-5-10(2)6-9-11;1-2-3-7-10-8-5-4-6-9-10/h5-6,8-9H,3-4,7H2,1-2H3;4-6,8H,2-3,7,9H2,1H3/q+1;. The number of hydrogen-bond acceptors (Lipinski definition) is 1. The molecule has 1 aromatic heterocycles. The van der Waals surface area contributed by atoms with Gasteiger partial charge in [0.2, 0.25) is 0 Å². The monoisotopic (exact) mass is 287 g/mol. The summed E-state index contributed by atoms with van der Waals surface area (Å²) in [6.45, 7) is 10.0. The average Bonchev–Trinajstić information content (AvgIpc) is 2.54. The Morgan fingerprint density at radius 3 is 2.33 bits per heavy atom. The lowest BCUT2D eigenvalue weighted by Crippen LogP contribution is -2.32. The highest BCUT2D eigenvalue weighted by atomic mass is 15.1. The van der Waals surface area contributed by atoms with Gasteiger partial charge in [-0.1, -0.05) is 38.8 Å². The van der Waals surface area contributed by atoms with Gasteiger partial charge in [0.25, 0.3) is 0 Å². The number of aromatic nitrogens is 1. The molecule has 2 heterocycles. The maximum atomic E-state index is 2.34. The molecule has 0 amide bonds. The summed E-state index contributed by atoms with van der Waals surface area (Å²) in [5, 5.41) is 0. The molecule has 1 aliphatic heterocycles. The highest BCUT2D eigenvalue weighted by molar-refractivity contribution is 5.08. The van der Waals surface area contributed by atoms with Crippen LogP contribution in [0.25, 0.3) is 0 Å². The number of aryl methyl sites for hydroxylation is 2. The predicted octanol–water partition coefficient (Wildman–Crippen LogP) is 4.25. The van der Waals surface area contributed by atoms with E-state index in [0.29, 0.717) is 0 Å². The minimum Gasteiger partial charge on any atom is -0.374 e. The van der Waals surface area contributed by atoms with Crippen LogP contribution in [0.3, 0.4) is 0 Å². The Hall–Kier alpha value is -1.57. The lowest BCUT2D eigenvalue weighted by atomic mass is 10.3. The van der Waals surface area contributed by atoms with Gasteiger partial charge in [-0.3, -0.25) is 0 Å². The van der Waals surface area contributed by atoms with Crippen molar-refractivity contribution in [2.45, 2.75) is 53.0 Å². The van der Waals surface area contributed by atoms with Gasteiger partial charge in [0.1, 0.15) is 6.54 Å². The normalized spacial score (nSPS) is 13.0. The first kappa shape index (κ1) is 17.5. The molecular weight excluding hydrogens is 256 g/mol. The van der Waals surface area contributed by atoms with Crippen molar-refractivity contribution in [2.24, 2.45) is 0 Å². The van der Waals surface area contributed by atoms with E-state index in [1.54, 1.807) is 0 Å². The van der Waals surface area contributed by atoms with Crippen LogP contribution in [-0.2, 0) is 6.54 Å². The second kappa shape index (κ2) is 11.1. The van der Waals surface area contributed by atoms with Crippen LogP contribution in [0.1, 0.15) is 45.1 Å². The number of unbranched alkanes of at least 4 members (excludes halogenated alkanes) is 2. The van der Waals surface area contributed by atoms with E-state index in [0.717, 1.165) is 13.1 Å². The van der Waals surface area contributed by atoms with Crippen LogP contribution in [0.2, 0.25) is 0 Å². The summed E-state index contributed by atoms with van der Waals surface area (Å²) in [5.41, 5.74) is 1.33. The van der Waals surface area contributed by atoms with E-state index in [4.69, 9.17) is 0 Å². The third-order valence-corrected chi connectivity index (χ3v) is 3.51. The van der Waals surface area contributed by atoms with Crippen LogP contribution in [0.4, 0.5) is 0 Å². The zero-order valence-corrected chi connectivity index (χ0v) is 14.0. The summed E-state index contributed by atoms with van der Waals surface area (Å²) in [7, 11) is 0. The van der Waals surface area contributed by atoms with E-state index in [1.807, 2.05) is 0 Å². The van der Waals surface area contributed by atoms with Crippen LogP contribution in [-0.4, -0.2) is 18.0 Å². The maximum absolute atomic E-state index is 2.34. The fourth-order valence-electron chi connectivity index (χ4n) is 2.06. The zero-order valence-electron chi connectivity index (χ0n) is 14.0. The van der Waals surface area contributed by atoms with Crippen molar-refractivity contribution in [3.05, 3.63) is 54.5 Å². The quantitative estimate of drug-likeness (QED) is 0.709. The van der Waals surface area contributed by atoms with Crippen molar-refractivity contribution >= 4 is 0 Å². The van der Waals surface area contributed by atoms with Crippen molar-refractivity contribution in [1.29, 1.82) is 0 Å². The summed E-state index contributed by atoms with van der Waals surface area (Å²) in [6.07, 6.45) is 18.0. The Morgan fingerprint density at radius 1 is 1.05 bits per heavy atom. The topological polar surface area (TPSA) is 7.12 Å². The van der Waals surface area contributed by atoms with Gasteiger partial charge in [-0.15, -0.1) is 0 Å². The summed E-state index contributed by atoms with van der Waals surface area (Å²) >= 11 is 0. The first-order chi connectivity index (χ1) is 10.3. The third kappa shape index (κ3) is 8.34. The van der Waals surface area contributed by atoms with E-state index in [2.05, 4.69) is 79.2 Å². The van der Waals surface area contributed by atoms with Crippen molar-refractivity contribution < 1.29 is 4.57 Å². The lowest BCUT2D eigenvalue weighted by molar-refractivity contribution is -0.697. The number of rotatable bonds is 6. The molecule has 2 heteroatoms. The fraction of sp³-hybridized carbons (Fsp3) is 0.526. The Morgan fingerprint density at radius 2 is 1.76 bits per heavy atom. The summed E-state index contributed by atoms with van der Waals surface area (Å²) in [4.78, 5) is 2.34. The Labute approximate surface area is 130 Å². The van der Waals surface area contributed by atoms with Gasteiger partial charge < -0.3 is 4.90 Å². The Balaban J connectivity index is 0.000000211. The summed E-state index contributed by atoms with van der Waals surface area (Å²) < 4.78 is 2.23. The van der Waals surface area contributed by atoms with Crippen LogP contribution in [0.5, 0.6) is 0 Å². The average molecular weight is 287 g/mol. The molecule has 0 fully saturated rings. The van der Waals surface area contributed by atoms with Gasteiger partial charge in [0.15, 0.2) is 12.4 Å². The first-order valence-corrected chi connectivity index (χ1v) is 8.29. The van der Waals surface area contributed by atoms with Gasteiger partial charge in [0.05, 0.1) is 0 Å². The van der Waals surface area contributed by atoms with E-state index in [-0.39, 0.29) is 0 Å². The molecule has 1 aromatic rings. The second-order valence-electron chi connectivity index (χ2n) is 5.59. The summed E-state index contributed by atoms with van der Waals surface area (Å²) in [5.74, 6) is 0. The van der Waals surface area contributed by atoms with Gasteiger partial charge in [-0.25, -0.2) is 4.57 Å². The Kier molecular flexibility index (Phi) is 9.26. The van der Waals surface area contributed by atoms with E-state index < -0.39 is 0 Å². The fourth-order valence-corrected chi connectivity index (χ4v) is 2.06. The van der Waals surface area contributed by atoms with E-state index in [1.165, 1.54) is 37.8 Å². The molecule has 0 N–H and O–H groups in total. The van der Waals surface area contributed by atoms with Crippen molar-refractivity contribution in [1.82, 2.24) is 4.90 Å². The van der Waals surface area contributed by atoms with Crippen LogP contribution < -0.4 is 4.57 Å². The number of allylic oxidation sites excluding steroid dienone is 2. The molecule has 0 bridgehead atoms. The SMILES string of the molecule is CCCCN1C=CC=CC1.CCCC[n+]1ccc(C)cc1. The molecule has 0 aromatic carbocycles. The van der Waals surface area contributed by atoms with Crippen molar-refractivity contribution in [3.8, 4) is 0 Å². The minimum atomic E-state index is 1.09. The van der Waals surface area contributed by atoms with E-state index in [9.17, 15) is 0 Å². The van der Waals surface area contributed by atoms with Crippen LogP contribution >= 0.6 is 0 Å². The largest absolute Gasteiger partial charge is 0.374 e. The molecule has 0 radical (unpaired) electrons. The first-order valence-electron chi connectivity index (χ1n) is 8.29. The number of pyridine rings is 1. The van der Waals surface area contributed by atoms with Crippen molar-refractivity contribution in [3.63, 3.8) is 0 Å². The van der Waals surface area contributed by atoms with Crippen LogP contribution in [0.15, 0.2) is 49.0 Å². The highest BCUT2D eigenvalue weighted by Gasteiger charge is 1.97. The number of hydrogen-bond donors (Lipinski definition) is 0. The van der Waals surface area contributed by atoms with Crippen LogP contribution in [0, 0.1) is 6.92 Å². The molecule has 0 saturated heterocycles. The van der Waals surface area contributed by atoms with Gasteiger partial charge >= 0.3 is 0 Å². The molecule has 2 rings (SSSR count). The zero-order chi connectivity index (χ0) is 15.3. The molecule has 0 spiro atoms. The highest BCUT2D eigenvalue weighted by Crippen LogP contribution is 2.00. The molecular formula is C19H31N2+. The molecule has 1 aliphatic rings.